The molecule has 0 aliphatic carbocycles. The molecular weight excluding hydrogens is 337 g/mol. The number of barbiturate groups is 1. The van der Waals surface area contributed by atoms with Crippen molar-refractivity contribution in [1.82, 2.24) is 10.2 Å². The first-order valence-corrected chi connectivity index (χ1v) is 8.95. The minimum absolute atomic E-state index is 0.00260. The van der Waals surface area contributed by atoms with Gasteiger partial charge in [-0.15, -0.1) is 0 Å². The molecular formula is C19H22FN3O3. The summed E-state index contributed by atoms with van der Waals surface area (Å²) >= 11 is 0. The van der Waals surface area contributed by atoms with Gasteiger partial charge >= 0.3 is 6.03 Å². The molecule has 7 heteroatoms. The number of piperidine rings is 1. The lowest BCUT2D eigenvalue weighted by molar-refractivity contribution is -0.154. The molecule has 0 aromatic heterocycles. The number of halogens is 1. The number of nitrogens with one attached hydrogen (secondary N) is 1. The van der Waals surface area contributed by atoms with Gasteiger partial charge in [-0.1, -0.05) is 26.0 Å². The van der Waals surface area contributed by atoms with Crippen molar-refractivity contribution in [1.29, 1.82) is 0 Å². The van der Waals surface area contributed by atoms with Crippen LogP contribution in [0.25, 0.3) is 0 Å². The third kappa shape index (κ3) is 2.06. The van der Waals surface area contributed by atoms with Crippen molar-refractivity contribution in [2.75, 3.05) is 18.5 Å². The van der Waals surface area contributed by atoms with Gasteiger partial charge in [0.25, 0.3) is 0 Å². The second-order valence-corrected chi connectivity index (χ2v) is 7.93. The Balaban J connectivity index is 1.95. The van der Waals surface area contributed by atoms with Gasteiger partial charge in [-0.2, -0.15) is 0 Å². The molecule has 4 rings (SSSR count). The van der Waals surface area contributed by atoms with Gasteiger partial charge in [-0.25, -0.2) is 9.18 Å². The smallest absolute Gasteiger partial charge is 0.330 e. The monoisotopic (exact) mass is 359 g/mol. The lowest BCUT2D eigenvalue weighted by Crippen LogP contribution is -2.73. The average molecular weight is 359 g/mol. The zero-order valence-electron chi connectivity index (χ0n) is 15.1. The van der Waals surface area contributed by atoms with Gasteiger partial charge in [-0.3, -0.25) is 19.8 Å². The van der Waals surface area contributed by atoms with Crippen LogP contribution in [0, 0.1) is 23.1 Å². The first kappa shape index (κ1) is 17.0. The van der Waals surface area contributed by atoms with Crippen LogP contribution < -0.4 is 10.2 Å². The summed E-state index contributed by atoms with van der Waals surface area (Å²) in [6.07, 6.45) is 0.938. The summed E-state index contributed by atoms with van der Waals surface area (Å²) in [5, 5.41) is 2.34. The number of hydrogen-bond acceptors (Lipinski definition) is 4. The highest BCUT2D eigenvalue weighted by Gasteiger charge is 2.63. The molecule has 6 nitrogen and oxygen atoms in total. The number of para-hydroxylation sites is 1. The van der Waals surface area contributed by atoms with Crippen molar-refractivity contribution in [3.05, 3.63) is 29.6 Å². The van der Waals surface area contributed by atoms with Crippen LogP contribution in [0.3, 0.4) is 0 Å². The summed E-state index contributed by atoms with van der Waals surface area (Å²) in [5.74, 6) is -1.10. The van der Waals surface area contributed by atoms with Crippen molar-refractivity contribution in [2.45, 2.75) is 32.7 Å². The maximum absolute atomic E-state index is 14.7. The van der Waals surface area contributed by atoms with E-state index in [1.165, 1.54) is 13.1 Å². The molecule has 4 amide bonds. The van der Waals surface area contributed by atoms with E-state index in [-0.39, 0.29) is 18.2 Å². The van der Waals surface area contributed by atoms with E-state index in [1.807, 2.05) is 11.8 Å². The zero-order chi connectivity index (χ0) is 18.8. The highest BCUT2D eigenvalue weighted by atomic mass is 19.1. The summed E-state index contributed by atoms with van der Waals surface area (Å²) in [6.45, 7) is 4.66. The lowest BCUT2D eigenvalue weighted by atomic mass is 9.62. The number of urea groups is 1. The van der Waals surface area contributed by atoms with Gasteiger partial charge < -0.3 is 4.90 Å². The molecule has 3 aliphatic heterocycles. The first-order chi connectivity index (χ1) is 12.3. The number of amides is 4. The second kappa shape index (κ2) is 5.53. The number of anilines is 1. The van der Waals surface area contributed by atoms with Gasteiger partial charge in [0.1, 0.15) is 5.82 Å². The van der Waals surface area contributed by atoms with Crippen molar-refractivity contribution < 1.29 is 18.8 Å². The Labute approximate surface area is 151 Å². The van der Waals surface area contributed by atoms with Crippen LogP contribution in [-0.4, -0.2) is 42.4 Å². The van der Waals surface area contributed by atoms with E-state index in [1.54, 1.807) is 12.1 Å². The Kier molecular flexibility index (Phi) is 3.61. The average Bonchev–Trinajstić information content (AvgIpc) is 2.57. The normalized spacial score (nSPS) is 33.8. The van der Waals surface area contributed by atoms with Crippen LogP contribution in [0.5, 0.6) is 0 Å². The lowest BCUT2D eigenvalue weighted by Gasteiger charge is -2.56. The minimum Gasteiger partial charge on any atom is -0.364 e. The molecule has 3 aliphatic rings. The molecule has 138 valence electrons. The van der Waals surface area contributed by atoms with E-state index in [4.69, 9.17) is 0 Å². The fraction of sp³-hybridized carbons (Fsp3) is 0.526. The number of hydrogen-bond donors (Lipinski definition) is 1. The summed E-state index contributed by atoms with van der Waals surface area (Å²) in [7, 11) is 1.38. The number of nitrogens with zero attached hydrogens (tertiary/aromatic N) is 2. The Morgan fingerprint density at radius 2 is 1.96 bits per heavy atom. The minimum atomic E-state index is -1.41. The van der Waals surface area contributed by atoms with Crippen LogP contribution in [0.15, 0.2) is 18.2 Å². The van der Waals surface area contributed by atoms with Crippen molar-refractivity contribution in [3.8, 4) is 0 Å². The van der Waals surface area contributed by atoms with Crippen LogP contribution >= 0.6 is 0 Å². The third-order valence-electron chi connectivity index (χ3n) is 6.11. The van der Waals surface area contributed by atoms with Crippen LogP contribution in [0.1, 0.15) is 25.8 Å². The fourth-order valence-electron chi connectivity index (χ4n) is 5.20. The third-order valence-corrected chi connectivity index (χ3v) is 6.11. The van der Waals surface area contributed by atoms with Gasteiger partial charge in [0, 0.05) is 13.6 Å². The van der Waals surface area contributed by atoms with Crippen molar-refractivity contribution in [3.63, 3.8) is 0 Å². The topological polar surface area (TPSA) is 69.7 Å². The fourth-order valence-corrected chi connectivity index (χ4v) is 5.20. The van der Waals surface area contributed by atoms with E-state index in [0.29, 0.717) is 23.7 Å². The molecule has 2 fully saturated rings. The molecule has 3 heterocycles. The molecule has 0 bridgehead atoms. The summed E-state index contributed by atoms with van der Waals surface area (Å²) in [5.41, 5.74) is -0.293. The highest BCUT2D eigenvalue weighted by molar-refractivity contribution is 6.20. The van der Waals surface area contributed by atoms with E-state index < -0.39 is 29.3 Å². The maximum atomic E-state index is 14.7. The second-order valence-electron chi connectivity index (χ2n) is 7.93. The maximum Gasteiger partial charge on any atom is 0.330 e. The summed E-state index contributed by atoms with van der Waals surface area (Å²) in [4.78, 5) is 41.0. The van der Waals surface area contributed by atoms with Gasteiger partial charge in [0.15, 0.2) is 5.41 Å². The molecule has 1 N–H and O–H groups in total. The van der Waals surface area contributed by atoms with Crippen LogP contribution in [0.4, 0.5) is 14.9 Å². The summed E-state index contributed by atoms with van der Waals surface area (Å²) < 4.78 is 14.7. The standard InChI is InChI=1S/C19H22FN3O3/c1-10-7-11(2)15-19(16(24)21-18(26)22(3)17(19)25)8-12-5-4-6-13(20)14(12)23(15)9-10/h4-6,10-11,15H,7-9H2,1-3H3,(H,21,24,26)/t10-,11-,15+,19-/m0/s1. The number of carbonyl (C=O) groups is 3. The molecule has 0 radical (unpaired) electrons. The molecule has 2 saturated heterocycles. The van der Waals surface area contributed by atoms with Crippen molar-refractivity contribution in [2.24, 2.45) is 17.3 Å². The SMILES string of the molecule is C[C@H]1C[C@H](C)[C@H]2N(C1)c1c(F)cccc1C[C@@]21C(=O)NC(=O)N(C)C1=O. The Hall–Kier alpha value is -2.44. The van der Waals surface area contributed by atoms with E-state index in [2.05, 4.69) is 12.2 Å². The zero-order valence-corrected chi connectivity index (χ0v) is 15.1. The van der Waals surface area contributed by atoms with E-state index in [9.17, 15) is 18.8 Å². The number of benzene rings is 1. The molecule has 26 heavy (non-hydrogen) atoms. The Bertz CT molecular complexity index is 826. The van der Waals surface area contributed by atoms with Crippen molar-refractivity contribution >= 4 is 23.5 Å². The molecule has 1 spiro atoms. The van der Waals surface area contributed by atoms with E-state index in [0.717, 1.165) is 11.3 Å². The quantitative estimate of drug-likeness (QED) is 0.719. The number of carbonyl (C=O) groups excluding carboxylic acids is 3. The Morgan fingerprint density at radius 1 is 1.23 bits per heavy atom. The molecule has 1 aromatic rings. The largest absolute Gasteiger partial charge is 0.364 e. The van der Waals surface area contributed by atoms with Crippen LogP contribution in [-0.2, 0) is 16.0 Å². The van der Waals surface area contributed by atoms with E-state index >= 15 is 0 Å². The number of imide groups is 2. The predicted molar refractivity (Wildman–Crippen MR) is 92.9 cm³/mol. The molecule has 0 unspecified atom stereocenters. The predicted octanol–water partition coefficient (Wildman–Crippen LogP) is 1.93. The molecule has 4 atom stereocenters. The van der Waals surface area contributed by atoms with Gasteiger partial charge in [0.05, 0.1) is 11.7 Å². The number of fused-ring (bicyclic) bond motifs is 4. The van der Waals surface area contributed by atoms with Gasteiger partial charge in [-0.05, 0) is 36.3 Å². The van der Waals surface area contributed by atoms with Crippen LogP contribution in [0.2, 0.25) is 0 Å². The van der Waals surface area contributed by atoms with Gasteiger partial charge in [0.2, 0.25) is 11.8 Å². The summed E-state index contributed by atoms with van der Waals surface area (Å²) in [6, 6.07) is 3.58. The molecule has 0 saturated carbocycles. The molecule has 1 aromatic carbocycles. The highest BCUT2D eigenvalue weighted by Crippen LogP contribution is 2.50. The number of rotatable bonds is 0. The Morgan fingerprint density at radius 3 is 2.69 bits per heavy atom. The first-order valence-electron chi connectivity index (χ1n) is 8.95.